The molecule has 0 saturated heterocycles. The monoisotopic (exact) mass is 361 g/mol. The van der Waals surface area contributed by atoms with E-state index in [4.69, 9.17) is 23.2 Å². The first-order valence-electron chi connectivity index (χ1n) is 5.19. The third kappa shape index (κ3) is 3.47. The van der Waals surface area contributed by atoms with Gasteiger partial charge in [0.25, 0.3) is 5.91 Å². The van der Waals surface area contributed by atoms with E-state index in [2.05, 4.69) is 21.2 Å². The fourth-order valence-electron chi connectivity index (χ4n) is 1.45. The minimum atomic E-state index is -0.643. The summed E-state index contributed by atoms with van der Waals surface area (Å²) in [6, 6.07) is 8.74. The third-order valence-corrected chi connectivity index (χ3v) is 3.39. The highest BCUT2D eigenvalue weighted by molar-refractivity contribution is 9.10. The molecule has 0 unspecified atom stereocenters. The van der Waals surface area contributed by atoms with E-state index in [9.17, 15) is 9.18 Å². The number of nitrogens with one attached hydrogen (secondary N) is 1. The molecule has 2 rings (SSSR count). The van der Waals surface area contributed by atoms with Gasteiger partial charge >= 0.3 is 0 Å². The molecule has 0 heterocycles. The Hall–Kier alpha value is -1.10. The molecule has 6 heteroatoms. The number of hydrogen-bond acceptors (Lipinski definition) is 1. The van der Waals surface area contributed by atoms with Crippen LogP contribution in [0.5, 0.6) is 0 Å². The lowest BCUT2D eigenvalue weighted by molar-refractivity contribution is 0.102. The van der Waals surface area contributed by atoms with Crippen LogP contribution in [0.4, 0.5) is 10.1 Å². The molecule has 0 spiro atoms. The van der Waals surface area contributed by atoms with Gasteiger partial charge in [-0.2, -0.15) is 0 Å². The first-order valence-corrected chi connectivity index (χ1v) is 6.74. The molecule has 0 fully saturated rings. The van der Waals surface area contributed by atoms with E-state index in [1.807, 2.05) is 0 Å². The van der Waals surface area contributed by atoms with Crippen molar-refractivity contribution in [2.24, 2.45) is 0 Å². The van der Waals surface area contributed by atoms with Gasteiger partial charge in [0.2, 0.25) is 0 Å². The van der Waals surface area contributed by atoms with E-state index in [1.54, 1.807) is 18.2 Å². The molecule has 19 heavy (non-hydrogen) atoms. The van der Waals surface area contributed by atoms with Gasteiger partial charge in [-0.15, -0.1) is 0 Å². The van der Waals surface area contributed by atoms with Crippen molar-refractivity contribution in [3.63, 3.8) is 0 Å². The zero-order valence-corrected chi connectivity index (χ0v) is 12.5. The molecule has 2 aromatic carbocycles. The van der Waals surface area contributed by atoms with Crippen molar-refractivity contribution in [3.05, 3.63) is 62.3 Å². The highest BCUT2D eigenvalue weighted by Crippen LogP contribution is 2.26. The zero-order valence-electron chi connectivity index (χ0n) is 9.38. The Morgan fingerprint density at radius 2 is 1.89 bits per heavy atom. The fraction of sp³-hybridized carbons (Fsp3) is 0. The molecule has 0 radical (unpaired) electrons. The van der Waals surface area contributed by atoms with Crippen LogP contribution in [0.25, 0.3) is 0 Å². The van der Waals surface area contributed by atoms with E-state index in [1.165, 1.54) is 12.1 Å². The Labute approximate surface area is 127 Å². The van der Waals surface area contributed by atoms with E-state index < -0.39 is 11.7 Å². The molecule has 1 N–H and O–H groups in total. The zero-order chi connectivity index (χ0) is 14.0. The molecule has 1 amide bonds. The van der Waals surface area contributed by atoms with Crippen molar-refractivity contribution >= 4 is 50.7 Å². The highest BCUT2D eigenvalue weighted by Gasteiger charge is 2.13. The molecule has 0 atom stereocenters. The number of carbonyl (C=O) groups is 1. The Bertz CT molecular complexity index is 649. The summed E-state index contributed by atoms with van der Waals surface area (Å²) in [4.78, 5) is 11.9. The molecule has 0 aliphatic rings. The Morgan fingerprint density at radius 1 is 1.16 bits per heavy atom. The van der Waals surface area contributed by atoms with Crippen molar-refractivity contribution < 1.29 is 9.18 Å². The molecular formula is C13H7BrCl2FNO. The summed E-state index contributed by atoms with van der Waals surface area (Å²) in [6.07, 6.45) is 0. The lowest BCUT2D eigenvalue weighted by Crippen LogP contribution is -2.14. The number of halogens is 4. The van der Waals surface area contributed by atoms with Gasteiger partial charge in [-0.3, -0.25) is 4.79 Å². The summed E-state index contributed by atoms with van der Waals surface area (Å²) < 4.78 is 14.3. The Kier molecular flexibility index (Phi) is 4.45. The first-order chi connectivity index (χ1) is 8.97. The summed E-state index contributed by atoms with van der Waals surface area (Å²) in [7, 11) is 0. The number of benzene rings is 2. The highest BCUT2D eigenvalue weighted by atomic mass is 79.9. The minimum absolute atomic E-state index is 0.133. The predicted octanol–water partition coefficient (Wildman–Crippen LogP) is 5.15. The molecule has 2 nitrogen and oxygen atoms in total. The predicted molar refractivity (Wildman–Crippen MR) is 78.5 cm³/mol. The fourth-order valence-corrected chi connectivity index (χ4v) is 2.34. The van der Waals surface area contributed by atoms with Crippen LogP contribution in [0, 0.1) is 5.82 Å². The van der Waals surface area contributed by atoms with Gasteiger partial charge in [-0.25, -0.2) is 4.39 Å². The number of hydrogen-bond donors (Lipinski definition) is 1. The van der Waals surface area contributed by atoms with Crippen LogP contribution in [0.15, 0.2) is 40.9 Å². The summed E-state index contributed by atoms with van der Waals surface area (Å²) >= 11 is 15.0. The molecule has 0 aromatic heterocycles. The number of rotatable bonds is 2. The van der Waals surface area contributed by atoms with Gasteiger partial charge in [-0.1, -0.05) is 39.1 Å². The second kappa shape index (κ2) is 5.90. The molecule has 0 saturated carbocycles. The maximum absolute atomic E-state index is 13.5. The normalized spacial score (nSPS) is 10.3. The average molecular weight is 363 g/mol. The van der Waals surface area contributed by atoms with Crippen molar-refractivity contribution in [1.82, 2.24) is 0 Å². The van der Waals surface area contributed by atoms with E-state index in [0.29, 0.717) is 10.7 Å². The lowest BCUT2D eigenvalue weighted by atomic mass is 10.2. The molecule has 0 bridgehead atoms. The van der Waals surface area contributed by atoms with Crippen molar-refractivity contribution in [3.8, 4) is 0 Å². The van der Waals surface area contributed by atoms with Crippen LogP contribution < -0.4 is 5.32 Å². The summed E-state index contributed by atoms with van der Waals surface area (Å²) in [5.41, 5.74) is 0.265. The summed E-state index contributed by atoms with van der Waals surface area (Å²) in [5.74, 6) is -1.25. The smallest absolute Gasteiger partial charge is 0.258 e. The van der Waals surface area contributed by atoms with Crippen LogP contribution in [-0.4, -0.2) is 5.91 Å². The standard InChI is InChI=1S/C13H7BrCl2FNO/c14-7-1-4-12(10(16)5-7)18-13(19)9-6-8(15)2-3-11(9)17/h1-6H,(H,18,19). The SMILES string of the molecule is O=C(Nc1ccc(Br)cc1Cl)c1cc(Cl)ccc1F. The molecule has 98 valence electrons. The molecular weight excluding hydrogens is 356 g/mol. The largest absolute Gasteiger partial charge is 0.321 e. The molecule has 0 aliphatic heterocycles. The Morgan fingerprint density at radius 3 is 2.58 bits per heavy atom. The van der Waals surface area contributed by atoms with Gasteiger partial charge in [0.05, 0.1) is 16.3 Å². The van der Waals surface area contributed by atoms with Crippen molar-refractivity contribution in [2.75, 3.05) is 5.32 Å². The van der Waals surface area contributed by atoms with Crippen LogP contribution in [-0.2, 0) is 0 Å². The van der Waals surface area contributed by atoms with Crippen molar-refractivity contribution in [2.45, 2.75) is 0 Å². The van der Waals surface area contributed by atoms with Gasteiger partial charge in [0.15, 0.2) is 0 Å². The van der Waals surface area contributed by atoms with Crippen LogP contribution in [0.3, 0.4) is 0 Å². The van der Waals surface area contributed by atoms with E-state index in [-0.39, 0.29) is 10.6 Å². The number of carbonyl (C=O) groups excluding carboxylic acids is 1. The quantitative estimate of drug-likeness (QED) is 0.786. The number of anilines is 1. The summed E-state index contributed by atoms with van der Waals surface area (Å²) in [6.45, 7) is 0. The van der Waals surface area contributed by atoms with Gasteiger partial charge < -0.3 is 5.32 Å². The molecule has 0 aliphatic carbocycles. The topological polar surface area (TPSA) is 29.1 Å². The minimum Gasteiger partial charge on any atom is -0.321 e. The average Bonchev–Trinajstić information content (AvgIpc) is 2.35. The van der Waals surface area contributed by atoms with Crippen LogP contribution >= 0.6 is 39.1 Å². The third-order valence-electron chi connectivity index (χ3n) is 2.35. The van der Waals surface area contributed by atoms with E-state index in [0.717, 1.165) is 10.5 Å². The molecule has 2 aromatic rings. The maximum atomic E-state index is 13.5. The van der Waals surface area contributed by atoms with Gasteiger partial charge in [0, 0.05) is 9.50 Å². The lowest BCUT2D eigenvalue weighted by Gasteiger charge is -2.08. The van der Waals surface area contributed by atoms with Gasteiger partial charge in [0.1, 0.15) is 5.82 Å². The second-order valence-electron chi connectivity index (χ2n) is 3.70. The first kappa shape index (κ1) is 14.3. The summed E-state index contributed by atoms with van der Waals surface area (Å²) in [5, 5.41) is 3.17. The van der Waals surface area contributed by atoms with Crippen LogP contribution in [0.1, 0.15) is 10.4 Å². The Balaban J connectivity index is 2.28. The second-order valence-corrected chi connectivity index (χ2v) is 5.46. The maximum Gasteiger partial charge on any atom is 0.258 e. The van der Waals surface area contributed by atoms with E-state index >= 15 is 0 Å². The number of amides is 1. The van der Waals surface area contributed by atoms with Gasteiger partial charge in [-0.05, 0) is 36.4 Å². The van der Waals surface area contributed by atoms with Crippen molar-refractivity contribution in [1.29, 1.82) is 0 Å². The van der Waals surface area contributed by atoms with Crippen LogP contribution in [0.2, 0.25) is 10.0 Å².